The molecule has 1 saturated heterocycles. The van der Waals surface area contributed by atoms with Crippen LogP contribution in [0, 0.1) is 5.41 Å². The number of carbonyl (C=O) groups is 2. The average molecular weight is 306 g/mol. The second-order valence-corrected chi connectivity index (χ2v) is 6.91. The second kappa shape index (κ2) is 7.28. The van der Waals surface area contributed by atoms with E-state index in [9.17, 15) is 9.59 Å². The van der Waals surface area contributed by atoms with Gasteiger partial charge in [-0.05, 0) is 11.8 Å². The van der Waals surface area contributed by atoms with Crippen molar-refractivity contribution in [2.75, 3.05) is 31.9 Å². The van der Waals surface area contributed by atoms with Gasteiger partial charge in [-0.25, -0.2) is 4.79 Å². The number of piperazine rings is 1. The summed E-state index contributed by atoms with van der Waals surface area (Å²) in [5.41, 5.74) is 0.102. The van der Waals surface area contributed by atoms with E-state index in [4.69, 9.17) is 5.11 Å². The molecule has 0 aliphatic carbocycles. The molecule has 1 aliphatic rings. The minimum atomic E-state index is -0.904. The second-order valence-electron chi connectivity index (χ2n) is 5.59. The van der Waals surface area contributed by atoms with Gasteiger partial charge < -0.3 is 14.9 Å². The largest absolute Gasteiger partial charge is 0.465 e. The predicted octanol–water partition coefficient (Wildman–Crippen LogP) is 2.19. The number of hydrogen-bond donors (Lipinski definition) is 2. The molecule has 1 aliphatic heterocycles. The SMILES string of the molecule is CC(C)(CCC(=O)N1CCN(C(=O)O)CC1)CSS. The van der Waals surface area contributed by atoms with Crippen molar-refractivity contribution in [1.29, 1.82) is 0 Å². The summed E-state index contributed by atoms with van der Waals surface area (Å²) in [5, 5.41) is 8.85. The molecule has 0 radical (unpaired) electrons. The molecule has 110 valence electrons. The molecule has 7 heteroatoms. The zero-order valence-corrected chi connectivity index (χ0v) is 13.2. The Bertz CT molecular complexity index is 329. The van der Waals surface area contributed by atoms with Gasteiger partial charge in [-0.1, -0.05) is 24.6 Å². The third-order valence-electron chi connectivity index (χ3n) is 3.37. The molecule has 19 heavy (non-hydrogen) atoms. The maximum atomic E-state index is 12.1. The van der Waals surface area contributed by atoms with Gasteiger partial charge >= 0.3 is 6.09 Å². The van der Waals surface area contributed by atoms with Crippen LogP contribution in [0.4, 0.5) is 4.79 Å². The molecular formula is C12H22N2O3S2. The standard InChI is InChI=1S/C12H22N2O3S2/c1-12(2,9-19-18)4-3-10(15)13-5-7-14(8-6-13)11(16)17/h18H,3-9H2,1-2H3,(H,16,17). The van der Waals surface area contributed by atoms with Crippen LogP contribution in [0.15, 0.2) is 0 Å². The first kappa shape index (κ1) is 16.5. The third kappa shape index (κ3) is 5.52. The maximum Gasteiger partial charge on any atom is 0.407 e. The summed E-state index contributed by atoms with van der Waals surface area (Å²) in [4.78, 5) is 26.0. The lowest BCUT2D eigenvalue weighted by molar-refractivity contribution is -0.133. The number of nitrogens with zero attached hydrogens (tertiary/aromatic N) is 2. The van der Waals surface area contributed by atoms with E-state index in [0.29, 0.717) is 32.6 Å². The van der Waals surface area contributed by atoms with E-state index in [1.165, 1.54) is 15.7 Å². The summed E-state index contributed by atoms with van der Waals surface area (Å²) in [6.45, 7) is 6.10. The molecule has 1 rings (SSSR count). The van der Waals surface area contributed by atoms with Gasteiger partial charge in [0.15, 0.2) is 0 Å². The summed E-state index contributed by atoms with van der Waals surface area (Å²) in [7, 11) is 1.50. The molecule has 2 amide bonds. The van der Waals surface area contributed by atoms with Gasteiger partial charge in [0.05, 0.1) is 0 Å². The van der Waals surface area contributed by atoms with Gasteiger partial charge in [-0.15, -0.1) is 11.7 Å². The summed E-state index contributed by atoms with van der Waals surface area (Å²) in [6.07, 6.45) is 0.450. The number of carboxylic acid groups (broad SMARTS) is 1. The summed E-state index contributed by atoms with van der Waals surface area (Å²) in [6, 6.07) is 0. The topological polar surface area (TPSA) is 60.9 Å². The average Bonchev–Trinajstić information content (AvgIpc) is 2.36. The lowest BCUT2D eigenvalue weighted by Crippen LogP contribution is -2.50. The summed E-state index contributed by atoms with van der Waals surface area (Å²) in [5.74, 6) is 1.04. The van der Waals surface area contributed by atoms with Gasteiger partial charge in [0.2, 0.25) is 5.91 Å². The predicted molar refractivity (Wildman–Crippen MR) is 80.6 cm³/mol. The lowest BCUT2D eigenvalue weighted by atomic mass is 9.90. The van der Waals surface area contributed by atoms with Gasteiger partial charge in [-0.3, -0.25) is 4.79 Å². The van der Waals surface area contributed by atoms with Crippen LogP contribution < -0.4 is 0 Å². The number of thiol groups is 1. The van der Waals surface area contributed by atoms with Crippen LogP contribution in [0.2, 0.25) is 0 Å². The molecule has 0 saturated carbocycles. The van der Waals surface area contributed by atoms with Crippen LogP contribution in [0.25, 0.3) is 0 Å². The van der Waals surface area contributed by atoms with Crippen molar-refractivity contribution < 1.29 is 14.7 Å². The van der Waals surface area contributed by atoms with E-state index in [1.807, 2.05) is 0 Å². The van der Waals surface area contributed by atoms with Crippen molar-refractivity contribution >= 4 is 34.5 Å². The molecule has 1 N–H and O–H groups in total. The molecule has 1 heterocycles. The van der Waals surface area contributed by atoms with Gasteiger partial charge in [-0.2, -0.15) is 0 Å². The van der Waals surface area contributed by atoms with Crippen LogP contribution >= 0.6 is 22.5 Å². The highest BCUT2D eigenvalue weighted by atomic mass is 33.1. The number of hydrogen-bond acceptors (Lipinski definition) is 4. The molecule has 0 unspecified atom stereocenters. The zero-order chi connectivity index (χ0) is 14.5. The highest BCUT2D eigenvalue weighted by molar-refractivity contribution is 8.68. The fourth-order valence-corrected chi connectivity index (χ4v) is 3.54. The fourth-order valence-electron chi connectivity index (χ4n) is 2.00. The van der Waals surface area contributed by atoms with E-state index in [0.717, 1.165) is 12.2 Å². The van der Waals surface area contributed by atoms with Crippen molar-refractivity contribution in [2.24, 2.45) is 5.41 Å². The number of rotatable bonds is 5. The highest BCUT2D eigenvalue weighted by Gasteiger charge is 2.25. The van der Waals surface area contributed by atoms with Crippen LogP contribution in [-0.2, 0) is 4.79 Å². The molecule has 0 aromatic rings. The maximum absolute atomic E-state index is 12.1. The summed E-state index contributed by atoms with van der Waals surface area (Å²) >= 11 is 4.15. The Morgan fingerprint density at radius 3 is 2.21 bits per heavy atom. The van der Waals surface area contributed by atoms with E-state index < -0.39 is 6.09 Å². The first-order valence-corrected chi connectivity index (χ1v) is 8.41. The Labute approximate surface area is 123 Å². The van der Waals surface area contributed by atoms with E-state index >= 15 is 0 Å². The molecule has 0 atom stereocenters. The molecule has 1 fully saturated rings. The summed E-state index contributed by atoms with van der Waals surface area (Å²) < 4.78 is 0. The first-order chi connectivity index (χ1) is 8.85. The molecule has 0 aromatic heterocycles. The van der Waals surface area contributed by atoms with Crippen LogP contribution in [0.5, 0.6) is 0 Å². The van der Waals surface area contributed by atoms with Crippen LogP contribution in [0.1, 0.15) is 26.7 Å². The Balaban J connectivity index is 2.34. The van der Waals surface area contributed by atoms with Crippen molar-refractivity contribution in [2.45, 2.75) is 26.7 Å². The van der Waals surface area contributed by atoms with E-state index in [2.05, 4.69) is 25.5 Å². The lowest BCUT2D eigenvalue weighted by Gasteiger charge is -2.34. The quantitative estimate of drug-likeness (QED) is 0.604. The Kier molecular flexibility index (Phi) is 6.32. The normalized spacial score (nSPS) is 16.6. The Hall–Kier alpha value is -0.560. The highest BCUT2D eigenvalue weighted by Crippen LogP contribution is 2.29. The third-order valence-corrected chi connectivity index (χ3v) is 4.67. The van der Waals surface area contributed by atoms with Crippen molar-refractivity contribution in [3.63, 3.8) is 0 Å². The Morgan fingerprint density at radius 2 is 1.74 bits per heavy atom. The molecule has 0 aromatic carbocycles. The molecule has 5 nitrogen and oxygen atoms in total. The monoisotopic (exact) mass is 306 g/mol. The van der Waals surface area contributed by atoms with Gasteiger partial charge in [0.25, 0.3) is 0 Å². The van der Waals surface area contributed by atoms with Gasteiger partial charge in [0, 0.05) is 38.4 Å². The molecule has 0 spiro atoms. The van der Waals surface area contributed by atoms with Crippen molar-refractivity contribution in [3.8, 4) is 0 Å². The molecular weight excluding hydrogens is 284 g/mol. The minimum absolute atomic E-state index is 0.102. The van der Waals surface area contributed by atoms with Gasteiger partial charge in [0.1, 0.15) is 0 Å². The van der Waals surface area contributed by atoms with Crippen molar-refractivity contribution in [1.82, 2.24) is 9.80 Å². The molecule has 0 bridgehead atoms. The van der Waals surface area contributed by atoms with Crippen LogP contribution in [-0.4, -0.2) is 58.8 Å². The van der Waals surface area contributed by atoms with E-state index in [1.54, 1.807) is 4.90 Å². The Morgan fingerprint density at radius 1 is 1.21 bits per heavy atom. The number of carbonyl (C=O) groups excluding carboxylic acids is 1. The zero-order valence-electron chi connectivity index (χ0n) is 11.5. The number of amides is 2. The van der Waals surface area contributed by atoms with Crippen LogP contribution in [0.3, 0.4) is 0 Å². The first-order valence-electron chi connectivity index (χ1n) is 6.38. The smallest absolute Gasteiger partial charge is 0.407 e. The van der Waals surface area contributed by atoms with Crippen molar-refractivity contribution in [3.05, 3.63) is 0 Å². The van der Waals surface area contributed by atoms with E-state index in [-0.39, 0.29) is 11.3 Å². The fraction of sp³-hybridized carbons (Fsp3) is 0.833. The minimum Gasteiger partial charge on any atom is -0.465 e.